The van der Waals surface area contributed by atoms with Crippen molar-refractivity contribution in [1.82, 2.24) is 10.2 Å². The van der Waals surface area contributed by atoms with Gasteiger partial charge < -0.3 is 15.3 Å². The van der Waals surface area contributed by atoms with Gasteiger partial charge in [-0.1, -0.05) is 6.92 Å². The third-order valence-electron chi connectivity index (χ3n) is 2.87. The Morgan fingerprint density at radius 1 is 1.35 bits per heavy atom. The highest BCUT2D eigenvalue weighted by Gasteiger charge is 2.23. The van der Waals surface area contributed by atoms with E-state index in [1.165, 1.54) is 0 Å². The quantitative estimate of drug-likeness (QED) is 0.691. The van der Waals surface area contributed by atoms with Crippen molar-refractivity contribution in [3.63, 3.8) is 0 Å². The van der Waals surface area contributed by atoms with Crippen molar-refractivity contribution in [3.05, 3.63) is 12.2 Å². The van der Waals surface area contributed by atoms with Gasteiger partial charge in [0.2, 0.25) is 5.91 Å². The number of aliphatic carboxylic acids is 1. The van der Waals surface area contributed by atoms with E-state index in [1.807, 2.05) is 6.92 Å². The van der Waals surface area contributed by atoms with Crippen molar-refractivity contribution >= 4 is 11.9 Å². The summed E-state index contributed by atoms with van der Waals surface area (Å²) >= 11 is 0. The van der Waals surface area contributed by atoms with Crippen molar-refractivity contribution in [3.8, 4) is 0 Å². The van der Waals surface area contributed by atoms with E-state index < -0.39 is 5.97 Å². The van der Waals surface area contributed by atoms with Crippen LogP contribution in [0.5, 0.6) is 0 Å². The number of nitrogens with zero attached hydrogens (tertiary/aromatic N) is 1. The fraction of sp³-hybridized carbons (Fsp3) is 0.667. The lowest BCUT2D eigenvalue weighted by Crippen LogP contribution is -2.46. The number of carbonyl (C=O) groups excluding carboxylic acids is 1. The molecule has 0 unspecified atom stereocenters. The number of hydrogen-bond acceptors (Lipinski definition) is 3. The van der Waals surface area contributed by atoms with Crippen LogP contribution in [0.25, 0.3) is 0 Å². The molecule has 0 aromatic carbocycles. The molecule has 5 nitrogen and oxygen atoms in total. The Labute approximate surface area is 101 Å². The lowest BCUT2D eigenvalue weighted by atomic mass is 10.0. The van der Waals surface area contributed by atoms with Gasteiger partial charge >= 0.3 is 5.97 Å². The fourth-order valence-electron chi connectivity index (χ4n) is 2.07. The Hall–Kier alpha value is -1.36. The van der Waals surface area contributed by atoms with Gasteiger partial charge in [0, 0.05) is 24.7 Å². The molecule has 96 valence electrons. The molecule has 0 aliphatic carbocycles. The molecule has 2 N–H and O–H groups in total. The minimum atomic E-state index is -1.08. The van der Waals surface area contributed by atoms with E-state index in [-0.39, 0.29) is 11.9 Å². The van der Waals surface area contributed by atoms with E-state index in [4.69, 9.17) is 5.11 Å². The highest BCUT2D eigenvalue weighted by molar-refractivity contribution is 5.94. The Morgan fingerprint density at radius 2 is 2.00 bits per heavy atom. The first kappa shape index (κ1) is 13.7. The van der Waals surface area contributed by atoms with Gasteiger partial charge in [0.1, 0.15) is 0 Å². The average molecular weight is 240 g/mol. The zero-order valence-electron chi connectivity index (χ0n) is 10.2. The molecule has 0 atom stereocenters. The molecule has 1 fully saturated rings. The molecule has 17 heavy (non-hydrogen) atoms. The monoisotopic (exact) mass is 240 g/mol. The number of amides is 1. The van der Waals surface area contributed by atoms with Crippen molar-refractivity contribution in [1.29, 1.82) is 0 Å². The number of carbonyl (C=O) groups is 2. The lowest BCUT2D eigenvalue weighted by Gasteiger charge is -2.33. The van der Waals surface area contributed by atoms with Gasteiger partial charge in [0.25, 0.3) is 0 Å². The van der Waals surface area contributed by atoms with Crippen LogP contribution in [0.15, 0.2) is 12.2 Å². The highest BCUT2D eigenvalue weighted by Crippen LogP contribution is 2.13. The zero-order chi connectivity index (χ0) is 12.7. The van der Waals surface area contributed by atoms with Gasteiger partial charge in [-0.3, -0.25) is 4.79 Å². The molecule has 0 saturated carbocycles. The molecule has 1 aliphatic heterocycles. The predicted octanol–water partition coefficient (Wildman–Crippen LogP) is 0.618. The van der Waals surface area contributed by atoms with Crippen molar-refractivity contribution < 1.29 is 14.7 Å². The number of hydrogen-bond donors (Lipinski definition) is 2. The molecule has 0 aromatic rings. The second-order valence-corrected chi connectivity index (χ2v) is 4.18. The lowest BCUT2D eigenvalue weighted by molar-refractivity contribution is -0.133. The van der Waals surface area contributed by atoms with Gasteiger partial charge in [-0.15, -0.1) is 0 Å². The molecule has 1 amide bonds. The van der Waals surface area contributed by atoms with Crippen LogP contribution in [-0.4, -0.2) is 47.6 Å². The van der Waals surface area contributed by atoms with E-state index in [1.54, 1.807) is 4.90 Å². The summed E-state index contributed by atoms with van der Waals surface area (Å²) in [4.78, 5) is 24.1. The van der Waals surface area contributed by atoms with Crippen LogP contribution < -0.4 is 5.32 Å². The fourth-order valence-corrected chi connectivity index (χ4v) is 2.07. The Morgan fingerprint density at radius 3 is 2.53 bits per heavy atom. The maximum atomic E-state index is 11.9. The van der Waals surface area contributed by atoms with Crippen LogP contribution in [-0.2, 0) is 9.59 Å². The molecule has 0 spiro atoms. The Bertz CT molecular complexity index is 296. The average Bonchev–Trinajstić information content (AvgIpc) is 2.34. The zero-order valence-corrected chi connectivity index (χ0v) is 10.2. The second kappa shape index (κ2) is 7.06. The molecule has 1 heterocycles. The molecule has 1 saturated heterocycles. The van der Waals surface area contributed by atoms with E-state index in [9.17, 15) is 9.59 Å². The third kappa shape index (κ3) is 4.56. The maximum Gasteiger partial charge on any atom is 0.328 e. The van der Waals surface area contributed by atoms with E-state index in [2.05, 4.69) is 5.32 Å². The summed E-state index contributed by atoms with van der Waals surface area (Å²) in [5.41, 5.74) is 0. The van der Waals surface area contributed by atoms with Crippen LogP contribution in [0, 0.1) is 0 Å². The Kier molecular flexibility index (Phi) is 5.69. The number of nitrogens with one attached hydrogen (secondary N) is 1. The van der Waals surface area contributed by atoms with E-state index in [0.29, 0.717) is 6.54 Å². The summed E-state index contributed by atoms with van der Waals surface area (Å²) in [6, 6.07) is 0.238. The molecular weight excluding hydrogens is 220 g/mol. The molecule has 5 heteroatoms. The van der Waals surface area contributed by atoms with Crippen LogP contribution >= 0.6 is 0 Å². The predicted molar refractivity (Wildman–Crippen MR) is 64.7 cm³/mol. The number of piperidine rings is 1. The van der Waals surface area contributed by atoms with Gasteiger partial charge in [-0.05, 0) is 32.4 Å². The number of rotatable bonds is 5. The number of carboxylic acid groups (broad SMARTS) is 1. The molecule has 1 aliphatic rings. The maximum absolute atomic E-state index is 11.9. The highest BCUT2D eigenvalue weighted by atomic mass is 16.4. The first-order chi connectivity index (χ1) is 8.15. The van der Waals surface area contributed by atoms with Crippen LogP contribution in [0.3, 0.4) is 0 Å². The summed E-state index contributed by atoms with van der Waals surface area (Å²) in [6.45, 7) is 4.54. The minimum absolute atomic E-state index is 0.193. The Balaban J connectivity index is 2.62. The first-order valence-electron chi connectivity index (χ1n) is 6.07. The smallest absolute Gasteiger partial charge is 0.328 e. The molecule has 0 aromatic heterocycles. The second-order valence-electron chi connectivity index (χ2n) is 4.18. The van der Waals surface area contributed by atoms with E-state index in [0.717, 1.165) is 44.5 Å². The van der Waals surface area contributed by atoms with Gasteiger partial charge in [-0.25, -0.2) is 4.79 Å². The summed E-state index contributed by atoms with van der Waals surface area (Å²) in [5, 5.41) is 11.8. The largest absolute Gasteiger partial charge is 0.478 e. The van der Waals surface area contributed by atoms with Gasteiger partial charge in [0.05, 0.1) is 0 Å². The van der Waals surface area contributed by atoms with Crippen LogP contribution in [0.1, 0.15) is 26.2 Å². The first-order valence-corrected chi connectivity index (χ1v) is 6.07. The van der Waals surface area contributed by atoms with E-state index >= 15 is 0 Å². The van der Waals surface area contributed by atoms with Gasteiger partial charge in [0.15, 0.2) is 0 Å². The molecule has 0 bridgehead atoms. The summed E-state index contributed by atoms with van der Waals surface area (Å²) in [5.74, 6) is -1.28. The molecule has 0 radical (unpaired) electrons. The third-order valence-corrected chi connectivity index (χ3v) is 2.87. The summed E-state index contributed by atoms with van der Waals surface area (Å²) in [6.07, 6.45) is 4.82. The summed E-state index contributed by atoms with van der Waals surface area (Å²) < 4.78 is 0. The van der Waals surface area contributed by atoms with Crippen LogP contribution in [0.4, 0.5) is 0 Å². The van der Waals surface area contributed by atoms with Gasteiger partial charge in [-0.2, -0.15) is 0 Å². The standard InChI is InChI=1S/C12H20N2O3/c1-2-9-14(10-5-7-13-8-6-10)11(15)3-4-12(16)17/h3-4,10,13H,2,5-9H2,1H3,(H,16,17). The molecular formula is C12H20N2O3. The number of carboxylic acids is 1. The molecule has 1 rings (SSSR count). The summed E-state index contributed by atoms with van der Waals surface area (Å²) in [7, 11) is 0. The van der Waals surface area contributed by atoms with Crippen molar-refractivity contribution in [2.24, 2.45) is 0 Å². The van der Waals surface area contributed by atoms with Crippen molar-refractivity contribution in [2.75, 3.05) is 19.6 Å². The minimum Gasteiger partial charge on any atom is -0.478 e. The SMILES string of the molecule is CCCN(C(=O)C=CC(=O)O)C1CCNCC1. The normalized spacial score (nSPS) is 17.2. The topological polar surface area (TPSA) is 69.6 Å². The van der Waals surface area contributed by atoms with Crippen LogP contribution in [0.2, 0.25) is 0 Å². The van der Waals surface area contributed by atoms with Crippen molar-refractivity contribution in [2.45, 2.75) is 32.2 Å².